The fourth-order valence-electron chi connectivity index (χ4n) is 3.18. The normalized spacial score (nSPS) is 17.4. The SMILES string of the molecule is CNC[C@@H]1CCCN1C(=O)CCc1ncc(-c2ccccc2Br)o1. The molecule has 1 saturated heterocycles. The first-order valence-electron chi connectivity index (χ1n) is 8.32. The summed E-state index contributed by atoms with van der Waals surface area (Å²) in [6.45, 7) is 1.72. The van der Waals surface area contributed by atoms with Gasteiger partial charge >= 0.3 is 0 Å². The molecule has 1 aliphatic rings. The van der Waals surface area contributed by atoms with E-state index in [9.17, 15) is 4.79 Å². The van der Waals surface area contributed by atoms with Crippen molar-refractivity contribution in [2.24, 2.45) is 0 Å². The van der Waals surface area contributed by atoms with Gasteiger partial charge in [-0.3, -0.25) is 4.79 Å². The summed E-state index contributed by atoms with van der Waals surface area (Å²) in [5, 5.41) is 3.17. The van der Waals surface area contributed by atoms with E-state index in [2.05, 4.69) is 26.2 Å². The summed E-state index contributed by atoms with van der Waals surface area (Å²) in [6, 6.07) is 8.19. The fourth-order valence-corrected chi connectivity index (χ4v) is 3.66. The second-order valence-electron chi connectivity index (χ2n) is 6.04. The van der Waals surface area contributed by atoms with Crippen LogP contribution in [0.3, 0.4) is 0 Å². The Morgan fingerprint density at radius 3 is 3.08 bits per heavy atom. The third kappa shape index (κ3) is 3.87. The van der Waals surface area contributed by atoms with Crippen LogP contribution in [0.1, 0.15) is 25.2 Å². The van der Waals surface area contributed by atoms with Crippen LogP contribution in [-0.2, 0) is 11.2 Å². The molecule has 24 heavy (non-hydrogen) atoms. The third-order valence-corrected chi connectivity index (χ3v) is 5.07. The van der Waals surface area contributed by atoms with Crippen LogP contribution in [0.5, 0.6) is 0 Å². The van der Waals surface area contributed by atoms with Gasteiger partial charge in [-0.15, -0.1) is 0 Å². The van der Waals surface area contributed by atoms with Crippen molar-refractivity contribution in [3.63, 3.8) is 0 Å². The molecule has 6 heteroatoms. The molecule has 2 heterocycles. The summed E-state index contributed by atoms with van der Waals surface area (Å²) in [6.07, 6.45) is 4.86. The summed E-state index contributed by atoms with van der Waals surface area (Å²) in [5.74, 6) is 1.52. The van der Waals surface area contributed by atoms with Crippen LogP contribution in [0.25, 0.3) is 11.3 Å². The fraction of sp³-hybridized carbons (Fsp3) is 0.444. The minimum atomic E-state index is 0.188. The number of carbonyl (C=O) groups excluding carboxylic acids is 1. The molecule has 0 bridgehead atoms. The number of halogens is 1. The van der Waals surface area contributed by atoms with Crippen LogP contribution < -0.4 is 5.32 Å². The number of aromatic nitrogens is 1. The van der Waals surface area contributed by atoms with E-state index in [0.29, 0.717) is 24.8 Å². The maximum Gasteiger partial charge on any atom is 0.223 e. The van der Waals surface area contributed by atoms with E-state index in [0.717, 1.165) is 41.7 Å². The predicted octanol–water partition coefficient (Wildman–Crippen LogP) is 3.25. The van der Waals surface area contributed by atoms with Crippen molar-refractivity contribution in [1.82, 2.24) is 15.2 Å². The standard InChI is InChI=1S/C18H22BrN3O2/c1-20-11-13-5-4-10-22(13)18(23)9-8-17-21-12-16(24-17)14-6-2-3-7-15(14)19/h2-3,6-7,12-13,20H,4-5,8-11H2,1H3/t13-/m0/s1. The number of carbonyl (C=O) groups is 1. The van der Waals surface area contributed by atoms with E-state index >= 15 is 0 Å². The van der Waals surface area contributed by atoms with Gasteiger partial charge in [0.25, 0.3) is 0 Å². The van der Waals surface area contributed by atoms with Gasteiger partial charge in [-0.2, -0.15) is 0 Å². The van der Waals surface area contributed by atoms with E-state index in [1.807, 2.05) is 36.2 Å². The van der Waals surface area contributed by atoms with Crippen molar-refractivity contribution in [1.29, 1.82) is 0 Å². The van der Waals surface area contributed by atoms with Gasteiger partial charge in [-0.05, 0) is 26.0 Å². The molecule has 1 amide bonds. The lowest BCUT2D eigenvalue weighted by Crippen LogP contribution is -2.40. The zero-order chi connectivity index (χ0) is 16.9. The average Bonchev–Trinajstić information content (AvgIpc) is 3.23. The number of rotatable bonds is 6. The summed E-state index contributed by atoms with van der Waals surface area (Å²) in [7, 11) is 1.93. The topological polar surface area (TPSA) is 58.4 Å². The Balaban J connectivity index is 1.59. The number of nitrogens with one attached hydrogen (secondary N) is 1. The highest BCUT2D eigenvalue weighted by Gasteiger charge is 2.27. The summed E-state index contributed by atoms with van der Waals surface area (Å²) >= 11 is 3.52. The highest BCUT2D eigenvalue weighted by atomic mass is 79.9. The van der Waals surface area contributed by atoms with E-state index in [1.165, 1.54) is 0 Å². The number of hydrogen-bond acceptors (Lipinski definition) is 4. The van der Waals surface area contributed by atoms with Gasteiger partial charge in [0.15, 0.2) is 11.7 Å². The zero-order valence-corrected chi connectivity index (χ0v) is 15.4. The van der Waals surface area contributed by atoms with Gasteiger partial charge in [-0.25, -0.2) is 4.98 Å². The molecule has 5 nitrogen and oxygen atoms in total. The van der Waals surface area contributed by atoms with Crippen LogP contribution in [0.15, 0.2) is 39.4 Å². The Kier molecular flexibility index (Phi) is 5.68. The average molecular weight is 392 g/mol. The Hall–Kier alpha value is -1.66. The first-order chi connectivity index (χ1) is 11.7. The van der Waals surface area contributed by atoms with Gasteiger partial charge in [-0.1, -0.05) is 34.1 Å². The Labute approximate surface area is 150 Å². The molecule has 1 fully saturated rings. The number of aryl methyl sites for hydroxylation is 1. The molecule has 128 valence electrons. The highest BCUT2D eigenvalue weighted by Crippen LogP contribution is 2.28. The van der Waals surface area contributed by atoms with E-state index in [-0.39, 0.29) is 5.91 Å². The molecule has 0 spiro atoms. The predicted molar refractivity (Wildman–Crippen MR) is 96.6 cm³/mol. The van der Waals surface area contributed by atoms with Crippen molar-refractivity contribution in [2.75, 3.05) is 20.1 Å². The minimum Gasteiger partial charge on any atom is -0.441 e. The van der Waals surface area contributed by atoms with Gasteiger partial charge in [0.1, 0.15) is 0 Å². The molecule has 1 aliphatic heterocycles. The van der Waals surface area contributed by atoms with Gasteiger partial charge in [0.05, 0.1) is 6.20 Å². The lowest BCUT2D eigenvalue weighted by atomic mass is 10.2. The van der Waals surface area contributed by atoms with Crippen molar-refractivity contribution >= 4 is 21.8 Å². The lowest BCUT2D eigenvalue weighted by Gasteiger charge is -2.24. The minimum absolute atomic E-state index is 0.188. The van der Waals surface area contributed by atoms with Gasteiger partial charge < -0.3 is 14.6 Å². The molecule has 1 atom stereocenters. The molecule has 3 rings (SSSR count). The molecule has 0 radical (unpaired) electrons. The van der Waals surface area contributed by atoms with Gasteiger partial charge in [0, 0.05) is 42.0 Å². The number of likely N-dealkylation sites (tertiary alicyclic amines) is 1. The van der Waals surface area contributed by atoms with Gasteiger partial charge in [0.2, 0.25) is 5.91 Å². The molecule has 1 N–H and O–H groups in total. The quantitative estimate of drug-likeness (QED) is 0.820. The van der Waals surface area contributed by atoms with E-state index < -0.39 is 0 Å². The van der Waals surface area contributed by atoms with Crippen molar-refractivity contribution in [3.05, 3.63) is 40.8 Å². The second-order valence-corrected chi connectivity index (χ2v) is 6.89. The summed E-state index contributed by atoms with van der Waals surface area (Å²) in [4.78, 5) is 18.8. The number of likely N-dealkylation sites (N-methyl/N-ethyl adjacent to an activating group) is 1. The number of hydrogen-bond donors (Lipinski definition) is 1. The number of amides is 1. The molecule has 2 aromatic rings. The van der Waals surface area contributed by atoms with Crippen LogP contribution in [0.2, 0.25) is 0 Å². The Bertz CT molecular complexity index is 701. The van der Waals surface area contributed by atoms with Crippen LogP contribution in [-0.4, -0.2) is 42.0 Å². The second kappa shape index (κ2) is 7.94. The molecule has 1 aromatic heterocycles. The first-order valence-corrected chi connectivity index (χ1v) is 9.12. The molecule has 0 unspecified atom stereocenters. The van der Waals surface area contributed by atoms with Crippen molar-refractivity contribution in [2.45, 2.75) is 31.7 Å². The van der Waals surface area contributed by atoms with Crippen LogP contribution >= 0.6 is 15.9 Å². The monoisotopic (exact) mass is 391 g/mol. The lowest BCUT2D eigenvalue weighted by molar-refractivity contribution is -0.131. The summed E-state index contributed by atoms with van der Waals surface area (Å²) in [5.41, 5.74) is 0.969. The zero-order valence-electron chi connectivity index (χ0n) is 13.8. The third-order valence-electron chi connectivity index (χ3n) is 4.38. The molecular formula is C18H22BrN3O2. The van der Waals surface area contributed by atoms with Crippen molar-refractivity contribution in [3.8, 4) is 11.3 Å². The van der Waals surface area contributed by atoms with Crippen LogP contribution in [0.4, 0.5) is 0 Å². The summed E-state index contributed by atoms with van der Waals surface area (Å²) < 4.78 is 6.78. The van der Waals surface area contributed by atoms with Crippen molar-refractivity contribution < 1.29 is 9.21 Å². The van der Waals surface area contributed by atoms with E-state index in [4.69, 9.17) is 4.42 Å². The maximum absolute atomic E-state index is 12.5. The first kappa shape index (κ1) is 17.2. The van der Waals surface area contributed by atoms with Crippen LogP contribution in [0, 0.1) is 0 Å². The highest BCUT2D eigenvalue weighted by molar-refractivity contribution is 9.10. The number of oxazole rings is 1. The molecule has 0 aliphatic carbocycles. The molecule has 0 saturated carbocycles. The molecular weight excluding hydrogens is 370 g/mol. The number of nitrogens with zero attached hydrogens (tertiary/aromatic N) is 2. The largest absolute Gasteiger partial charge is 0.441 e. The maximum atomic E-state index is 12.5. The smallest absolute Gasteiger partial charge is 0.223 e. The van der Waals surface area contributed by atoms with E-state index in [1.54, 1.807) is 6.20 Å². The molecule has 1 aromatic carbocycles. The Morgan fingerprint density at radius 2 is 2.29 bits per heavy atom. The number of benzene rings is 1. The Morgan fingerprint density at radius 1 is 1.46 bits per heavy atom.